The van der Waals surface area contributed by atoms with Crippen molar-refractivity contribution in [1.82, 2.24) is 0 Å². The van der Waals surface area contributed by atoms with Gasteiger partial charge in [0.2, 0.25) is 0 Å². The van der Waals surface area contributed by atoms with Crippen molar-refractivity contribution in [2.75, 3.05) is 6.61 Å². The Balaban J connectivity index is 0.000000217. The Morgan fingerprint density at radius 2 is 2.33 bits per heavy atom. The minimum absolute atomic E-state index is 0.653. The summed E-state index contributed by atoms with van der Waals surface area (Å²) in [7, 11) is 0. The van der Waals surface area contributed by atoms with Gasteiger partial charge in [-0.15, -0.1) is 0 Å². The zero-order chi connectivity index (χ0) is 9.40. The van der Waals surface area contributed by atoms with Crippen LogP contribution in [-0.2, 0) is 9.53 Å². The second-order valence-electron chi connectivity index (χ2n) is 2.64. The Morgan fingerprint density at radius 1 is 1.83 bits per heavy atom. The highest BCUT2D eigenvalue weighted by molar-refractivity contribution is 5.78. The quantitative estimate of drug-likeness (QED) is 0.520. The first-order chi connectivity index (χ1) is 5.70. The molecule has 1 aliphatic rings. The molecule has 0 bridgehead atoms. The number of aliphatic carboxylic acids is 1. The molecule has 70 valence electrons. The lowest BCUT2D eigenvalue weighted by Gasteiger charge is -1.86. The van der Waals surface area contributed by atoms with E-state index in [2.05, 4.69) is 13.5 Å². The van der Waals surface area contributed by atoms with Crippen molar-refractivity contribution in [3.8, 4) is 0 Å². The summed E-state index contributed by atoms with van der Waals surface area (Å²) in [4.78, 5) is 9.25. The number of rotatable bonds is 4. The van der Waals surface area contributed by atoms with E-state index >= 15 is 0 Å². The summed E-state index contributed by atoms with van der Waals surface area (Å²) in [6, 6.07) is 0. The normalized spacial score (nSPS) is 18.9. The molecule has 1 N–H and O–H groups in total. The summed E-state index contributed by atoms with van der Waals surface area (Å²) in [6.45, 7) is 6.20. The van der Waals surface area contributed by atoms with Crippen LogP contribution in [0.3, 0.4) is 0 Å². The Labute approximate surface area is 73.0 Å². The van der Waals surface area contributed by atoms with Gasteiger partial charge in [0, 0.05) is 6.08 Å². The number of carboxylic acid groups (broad SMARTS) is 1. The largest absolute Gasteiger partial charge is 0.478 e. The molecule has 0 spiro atoms. The van der Waals surface area contributed by atoms with Crippen LogP contribution in [0.2, 0.25) is 0 Å². The van der Waals surface area contributed by atoms with Gasteiger partial charge in [0.05, 0.1) is 12.7 Å². The molecule has 1 fully saturated rings. The lowest BCUT2D eigenvalue weighted by atomic mass is 10.2. The summed E-state index contributed by atoms with van der Waals surface area (Å²) < 4.78 is 5.01. The molecule has 1 atom stereocenters. The second kappa shape index (κ2) is 6.85. The summed E-state index contributed by atoms with van der Waals surface area (Å²) in [6.07, 6.45) is 5.42. The standard InChI is InChI=1S/C6H12O.C3H4O2/c1-2-3-4-6-5-7-6;1-2-3(4)5/h6H,2-5H2,1H3;2H,1H2,(H,4,5). The van der Waals surface area contributed by atoms with E-state index in [9.17, 15) is 4.79 Å². The molecule has 0 aromatic rings. The fourth-order valence-electron chi connectivity index (χ4n) is 0.667. The average molecular weight is 172 g/mol. The van der Waals surface area contributed by atoms with E-state index < -0.39 is 5.97 Å². The molecule has 1 aliphatic heterocycles. The topological polar surface area (TPSA) is 49.8 Å². The monoisotopic (exact) mass is 172 g/mol. The number of carboxylic acids is 1. The van der Waals surface area contributed by atoms with Crippen LogP contribution in [0.5, 0.6) is 0 Å². The van der Waals surface area contributed by atoms with Gasteiger partial charge in [0.1, 0.15) is 0 Å². The van der Waals surface area contributed by atoms with Gasteiger partial charge >= 0.3 is 5.97 Å². The molecule has 0 saturated carbocycles. The van der Waals surface area contributed by atoms with E-state index in [1.807, 2.05) is 0 Å². The van der Waals surface area contributed by atoms with Gasteiger partial charge in [0.25, 0.3) is 0 Å². The van der Waals surface area contributed by atoms with Gasteiger partial charge < -0.3 is 9.84 Å². The summed E-state index contributed by atoms with van der Waals surface area (Å²) in [5, 5.41) is 7.60. The maximum Gasteiger partial charge on any atom is 0.327 e. The molecule has 0 aliphatic carbocycles. The predicted octanol–water partition coefficient (Wildman–Crippen LogP) is 1.83. The summed E-state index contributed by atoms with van der Waals surface area (Å²) in [5.74, 6) is -0.981. The fraction of sp³-hybridized carbons (Fsp3) is 0.667. The molecular weight excluding hydrogens is 156 g/mol. The number of ether oxygens (including phenoxy) is 1. The zero-order valence-electron chi connectivity index (χ0n) is 7.45. The number of hydrogen-bond donors (Lipinski definition) is 1. The lowest BCUT2D eigenvalue weighted by Crippen LogP contribution is -1.82. The third-order valence-corrected chi connectivity index (χ3v) is 1.46. The van der Waals surface area contributed by atoms with Crippen LogP contribution < -0.4 is 0 Å². The second-order valence-corrected chi connectivity index (χ2v) is 2.64. The van der Waals surface area contributed by atoms with E-state index in [-0.39, 0.29) is 0 Å². The Hall–Kier alpha value is -0.830. The lowest BCUT2D eigenvalue weighted by molar-refractivity contribution is -0.131. The highest BCUT2D eigenvalue weighted by Gasteiger charge is 2.20. The van der Waals surface area contributed by atoms with E-state index in [1.165, 1.54) is 19.3 Å². The van der Waals surface area contributed by atoms with Gasteiger partial charge in [-0.2, -0.15) is 0 Å². The molecule has 0 amide bonds. The Kier molecular flexibility index (Phi) is 6.38. The third kappa shape index (κ3) is 9.17. The van der Waals surface area contributed by atoms with Crippen molar-refractivity contribution in [2.24, 2.45) is 0 Å². The minimum atomic E-state index is -0.981. The minimum Gasteiger partial charge on any atom is -0.478 e. The van der Waals surface area contributed by atoms with Crippen molar-refractivity contribution in [1.29, 1.82) is 0 Å². The molecule has 1 saturated heterocycles. The Morgan fingerprint density at radius 3 is 2.58 bits per heavy atom. The van der Waals surface area contributed by atoms with Crippen molar-refractivity contribution < 1.29 is 14.6 Å². The van der Waals surface area contributed by atoms with Crippen molar-refractivity contribution in [2.45, 2.75) is 32.3 Å². The molecule has 1 unspecified atom stereocenters. The van der Waals surface area contributed by atoms with Gasteiger partial charge in [-0.25, -0.2) is 4.79 Å². The van der Waals surface area contributed by atoms with Crippen LogP contribution >= 0.6 is 0 Å². The van der Waals surface area contributed by atoms with E-state index in [1.54, 1.807) is 0 Å². The summed E-state index contributed by atoms with van der Waals surface area (Å²) >= 11 is 0. The molecule has 1 heterocycles. The van der Waals surface area contributed by atoms with E-state index in [0.29, 0.717) is 6.10 Å². The number of unbranched alkanes of at least 4 members (excludes halogenated alkanes) is 1. The van der Waals surface area contributed by atoms with Gasteiger partial charge in [-0.1, -0.05) is 26.3 Å². The molecule has 0 aromatic carbocycles. The van der Waals surface area contributed by atoms with Gasteiger partial charge in [-0.3, -0.25) is 0 Å². The first kappa shape index (κ1) is 11.2. The zero-order valence-corrected chi connectivity index (χ0v) is 7.45. The molecule has 3 heteroatoms. The smallest absolute Gasteiger partial charge is 0.327 e. The van der Waals surface area contributed by atoms with Crippen molar-refractivity contribution in [3.63, 3.8) is 0 Å². The average Bonchev–Trinajstić information content (AvgIpc) is 2.85. The molecule has 12 heavy (non-hydrogen) atoms. The van der Waals surface area contributed by atoms with Crippen LogP contribution in [0.25, 0.3) is 0 Å². The Bertz CT molecular complexity index is 139. The van der Waals surface area contributed by atoms with Gasteiger partial charge in [0.15, 0.2) is 0 Å². The third-order valence-electron chi connectivity index (χ3n) is 1.46. The van der Waals surface area contributed by atoms with Crippen LogP contribution in [-0.4, -0.2) is 23.8 Å². The number of epoxide rings is 1. The van der Waals surface area contributed by atoms with Crippen molar-refractivity contribution in [3.05, 3.63) is 12.7 Å². The first-order valence-electron chi connectivity index (χ1n) is 4.17. The molecular formula is C9H16O3. The SMILES string of the molecule is C=CC(=O)O.CCCCC1CO1. The van der Waals surface area contributed by atoms with Gasteiger partial charge in [-0.05, 0) is 6.42 Å². The van der Waals surface area contributed by atoms with Crippen LogP contribution in [0, 0.1) is 0 Å². The highest BCUT2D eigenvalue weighted by Crippen LogP contribution is 2.15. The fourth-order valence-corrected chi connectivity index (χ4v) is 0.667. The van der Waals surface area contributed by atoms with E-state index in [0.717, 1.165) is 12.7 Å². The van der Waals surface area contributed by atoms with Crippen molar-refractivity contribution >= 4 is 5.97 Å². The van der Waals surface area contributed by atoms with Crippen LogP contribution in [0.1, 0.15) is 26.2 Å². The maximum absolute atomic E-state index is 9.25. The maximum atomic E-state index is 9.25. The highest BCUT2D eigenvalue weighted by atomic mass is 16.6. The molecule has 1 rings (SSSR count). The molecule has 0 aromatic heterocycles. The summed E-state index contributed by atoms with van der Waals surface area (Å²) in [5.41, 5.74) is 0. The predicted molar refractivity (Wildman–Crippen MR) is 47.1 cm³/mol. The van der Waals surface area contributed by atoms with Crippen LogP contribution in [0.4, 0.5) is 0 Å². The number of carbonyl (C=O) groups is 1. The number of hydrogen-bond acceptors (Lipinski definition) is 2. The van der Waals surface area contributed by atoms with Crippen LogP contribution in [0.15, 0.2) is 12.7 Å². The molecule has 0 radical (unpaired) electrons. The molecule has 3 nitrogen and oxygen atoms in total. The van der Waals surface area contributed by atoms with E-state index in [4.69, 9.17) is 9.84 Å². The first-order valence-corrected chi connectivity index (χ1v) is 4.17.